The van der Waals surface area contributed by atoms with E-state index in [1.165, 1.54) is 6.08 Å². The van der Waals surface area contributed by atoms with Gasteiger partial charge in [0, 0.05) is 12.6 Å². The van der Waals surface area contributed by atoms with Gasteiger partial charge in [0.05, 0.1) is 0 Å². The molecule has 1 N–H and O–H groups in total. The third-order valence-electron chi connectivity index (χ3n) is 0.465. The SMILES string of the molecule is N=CC=CCC=O. The van der Waals surface area contributed by atoms with Crippen LogP contribution in [-0.4, -0.2) is 12.5 Å². The second-order valence-corrected chi connectivity index (χ2v) is 0.997. The van der Waals surface area contributed by atoms with Crippen molar-refractivity contribution in [3.8, 4) is 0 Å². The summed E-state index contributed by atoms with van der Waals surface area (Å²) in [6, 6.07) is 0. The van der Waals surface area contributed by atoms with Crippen molar-refractivity contribution in [1.29, 1.82) is 5.41 Å². The van der Waals surface area contributed by atoms with Crippen molar-refractivity contribution in [2.24, 2.45) is 0 Å². The molecule has 0 aliphatic carbocycles. The van der Waals surface area contributed by atoms with Crippen molar-refractivity contribution in [2.75, 3.05) is 0 Å². The molecule has 0 aliphatic rings. The second-order valence-electron chi connectivity index (χ2n) is 0.997. The van der Waals surface area contributed by atoms with Gasteiger partial charge in [-0.3, -0.25) is 0 Å². The molecule has 0 aromatic heterocycles. The average molecular weight is 97.1 g/mol. The van der Waals surface area contributed by atoms with Crippen LogP contribution in [0.4, 0.5) is 0 Å². The predicted molar refractivity (Wildman–Crippen MR) is 28.6 cm³/mol. The summed E-state index contributed by atoms with van der Waals surface area (Å²) in [6.07, 6.45) is 5.49. The molecule has 0 aromatic carbocycles. The fourth-order valence-electron chi connectivity index (χ4n) is 0.202. The van der Waals surface area contributed by atoms with E-state index in [1.54, 1.807) is 6.08 Å². The van der Waals surface area contributed by atoms with E-state index in [2.05, 4.69) is 0 Å². The molecule has 2 heteroatoms. The van der Waals surface area contributed by atoms with Gasteiger partial charge in [0.1, 0.15) is 6.29 Å². The minimum atomic E-state index is 0.412. The zero-order valence-corrected chi connectivity index (χ0v) is 3.92. The van der Waals surface area contributed by atoms with E-state index in [-0.39, 0.29) is 0 Å². The minimum absolute atomic E-state index is 0.412. The third kappa shape index (κ3) is 5.08. The van der Waals surface area contributed by atoms with E-state index in [9.17, 15) is 4.79 Å². The van der Waals surface area contributed by atoms with Crippen LogP contribution in [0.1, 0.15) is 6.42 Å². The Balaban J connectivity index is 3.08. The lowest BCUT2D eigenvalue weighted by Crippen LogP contribution is -1.64. The fraction of sp³-hybridized carbons (Fsp3) is 0.200. The van der Waals surface area contributed by atoms with Crippen LogP contribution in [0, 0.1) is 5.41 Å². The zero-order chi connectivity index (χ0) is 5.54. The molecule has 7 heavy (non-hydrogen) atoms. The van der Waals surface area contributed by atoms with Crippen LogP contribution < -0.4 is 0 Å². The molecular weight excluding hydrogens is 90.1 g/mol. The van der Waals surface area contributed by atoms with Gasteiger partial charge < -0.3 is 10.2 Å². The lowest BCUT2D eigenvalue weighted by Gasteiger charge is -1.67. The highest BCUT2D eigenvalue weighted by molar-refractivity contribution is 5.68. The molecule has 2 nitrogen and oxygen atoms in total. The van der Waals surface area contributed by atoms with Crippen LogP contribution in [0.2, 0.25) is 0 Å². The van der Waals surface area contributed by atoms with Crippen LogP contribution in [-0.2, 0) is 4.79 Å². The maximum absolute atomic E-state index is 9.55. The molecule has 0 aliphatic heterocycles. The summed E-state index contributed by atoms with van der Waals surface area (Å²) < 4.78 is 0. The van der Waals surface area contributed by atoms with E-state index >= 15 is 0 Å². The van der Waals surface area contributed by atoms with E-state index in [4.69, 9.17) is 5.41 Å². The number of hydrogen-bond donors (Lipinski definition) is 1. The highest BCUT2D eigenvalue weighted by atomic mass is 16.1. The number of hydrogen-bond acceptors (Lipinski definition) is 2. The molecule has 0 aromatic rings. The summed E-state index contributed by atoms with van der Waals surface area (Å²) in [4.78, 5) is 9.55. The smallest absolute Gasteiger partial charge is 0.123 e. The summed E-state index contributed by atoms with van der Waals surface area (Å²) >= 11 is 0. The molecule has 0 radical (unpaired) electrons. The largest absolute Gasteiger partial charge is 0.309 e. The first-order valence-corrected chi connectivity index (χ1v) is 2.01. The second kappa shape index (κ2) is 5.08. The lowest BCUT2D eigenvalue weighted by atomic mass is 10.4. The van der Waals surface area contributed by atoms with Crippen molar-refractivity contribution in [3.05, 3.63) is 12.2 Å². The fourth-order valence-corrected chi connectivity index (χ4v) is 0.202. The van der Waals surface area contributed by atoms with Crippen molar-refractivity contribution < 1.29 is 4.79 Å². The Bertz CT molecular complexity index is 86.1. The van der Waals surface area contributed by atoms with Crippen molar-refractivity contribution in [3.63, 3.8) is 0 Å². The van der Waals surface area contributed by atoms with Crippen LogP contribution >= 0.6 is 0 Å². The lowest BCUT2D eigenvalue weighted by molar-refractivity contribution is -0.107. The van der Waals surface area contributed by atoms with Crippen molar-refractivity contribution in [2.45, 2.75) is 6.42 Å². The van der Waals surface area contributed by atoms with Crippen LogP contribution in [0.15, 0.2) is 12.2 Å². The number of allylic oxidation sites excluding steroid dienone is 2. The minimum Gasteiger partial charge on any atom is -0.309 e. The van der Waals surface area contributed by atoms with Gasteiger partial charge in [-0.25, -0.2) is 0 Å². The summed E-state index contributed by atoms with van der Waals surface area (Å²) in [6.45, 7) is 0. The molecule has 0 unspecified atom stereocenters. The molecule has 0 bridgehead atoms. The first-order chi connectivity index (χ1) is 3.41. The number of carbonyl (C=O) groups is 1. The monoisotopic (exact) mass is 97.1 g/mol. The van der Waals surface area contributed by atoms with E-state index in [0.29, 0.717) is 6.42 Å². The Kier molecular flexibility index (Phi) is 4.41. The third-order valence-corrected chi connectivity index (χ3v) is 0.465. The van der Waals surface area contributed by atoms with Crippen molar-refractivity contribution in [1.82, 2.24) is 0 Å². The number of nitrogens with one attached hydrogen (secondary N) is 1. The molecule has 38 valence electrons. The first-order valence-electron chi connectivity index (χ1n) is 2.01. The van der Waals surface area contributed by atoms with Crippen LogP contribution in [0.25, 0.3) is 0 Å². The molecule has 0 saturated heterocycles. The summed E-state index contributed by atoms with van der Waals surface area (Å²) in [7, 11) is 0. The molecule has 0 heterocycles. The normalized spacial score (nSPS) is 9.14. The highest BCUT2D eigenvalue weighted by Crippen LogP contribution is 1.71. The molecule has 0 rings (SSSR count). The Morgan fingerprint density at radius 3 is 2.71 bits per heavy atom. The quantitative estimate of drug-likeness (QED) is 0.410. The topological polar surface area (TPSA) is 40.9 Å². The number of carbonyl (C=O) groups excluding carboxylic acids is 1. The van der Waals surface area contributed by atoms with Crippen LogP contribution in [0.5, 0.6) is 0 Å². The number of aldehydes is 1. The van der Waals surface area contributed by atoms with Gasteiger partial charge in [-0.15, -0.1) is 0 Å². The Labute approximate surface area is 42.4 Å². The first kappa shape index (κ1) is 6.08. The van der Waals surface area contributed by atoms with Gasteiger partial charge in [-0.05, 0) is 6.08 Å². The summed E-state index contributed by atoms with van der Waals surface area (Å²) in [5, 5.41) is 6.45. The van der Waals surface area contributed by atoms with Crippen molar-refractivity contribution >= 4 is 12.5 Å². The molecule has 0 amide bonds. The van der Waals surface area contributed by atoms with Gasteiger partial charge in [-0.1, -0.05) is 6.08 Å². The molecule has 0 spiro atoms. The molecule has 0 atom stereocenters. The van der Waals surface area contributed by atoms with Gasteiger partial charge in [0.25, 0.3) is 0 Å². The van der Waals surface area contributed by atoms with Gasteiger partial charge >= 0.3 is 0 Å². The van der Waals surface area contributed by atoms with E-state index in [1.807, 2.05) is 0 Å². The molecular formula is C5H7NO. The molecule has 0 fully saturated rings. The maximum Gasteiger partial charge on any atom is 0.123 e. The summed E-state index contributed by atoms with van der Waals surface area (Å²) in [5.74, 6) is 0. The Morgan fingerprint density at radius 1 is 1.57 bits per heavy atom. The molecule has 0 saturated carbocycles. The standard InChI is InChI=1S/C5H7NO/c6-4-2-1-3-5-7/h1-2,4-6H,3H2. The average Bonchev–Trinajstić information content (AvgIpc) is 1.69. The van der Waals surface area contributed by atoms with E-state index < -0.39 is 0 Å². The van der Waals surface area contributed by atoms with Gasteiger partial charge in [0.2, 0.25) is 0 Å². The van der Waals surface area contributed by atoms with Gasteiger partial charge in [0.15, 0.2) is 0 Å². The van der Waals surface area contributed by atoms with E-state index in [0.717, 1.165) is 12.5 Å². The zero-order valence-electron chi connectivity index (χ0n) is 3.92. The van der Waals surface area contributed by atoms with Crippen LogP contribution in [0.3, 0.4) is 0 Å². The van der Waals surface area contributed by atoms with Gasteiger partial charge in [-0.2, -0.15) is 0 Å². The highest BCUT2D eigenvalue weighted by Gasteiger charge is 1.65. The maximum atomic E-state index is 9.55. The number of rotatable bonds is 3. The summed E-state index contributed by atoms with van der Waals surface area (Å²) in [5.41, 5.74) is 0. The Morgan fingerprint density at radius 2 is 2.29 bits per heavy atom. The predicted octanol–water partition coefficient (Wildman–Crippen LogP) is 0.781. The Hall–Kier alpha value is -0.920.